The van der Waals surface area contributed by atoms with Crippen molar-refractivity contribution < 1.29 is 9.53 Å². The zero-order valence-electron chi connectivity index (χ0n) is 18.3. The Labute approximate surface area is 174 Å². The van der Waals surface area contributed by atoms with E-state index in [0.717, 1.165) is 50.2 Å². The molecule has 0 N–H and O–H groups in total. The largest absolute Gasteiger partial charge is 0.487 e. The molecule has 4 rings (SSSR count). The van der Waals surface area contributed by atoms with Crippen molar-refractivity contribution in [1.29, 1.82) is 0 Å². The van der Waals surface area contributed by atoms with Crippen LogP contribution in [0, 0.1) is 20.8 Å². The first-order chi connectivity index (χ1) is 13.8. The van der Waals surface area contributed by atoms with Crippen LogP contribution in [-0.2, 0) is 17.6 Å². The lowest BCUT2D eigenvalue weighted by Gasteiger charge is -2.39. The second kappa shape index (κ2) is 7.40. The van der Waals surface area contributed by atoms with Gasteiger partial charge in [-0.05, 0) is 69.0 Å². The number of piperazine rings is 1. The van der Waals surface area contributed by atoms with E-state index in [1.54, 1.807) is 0 Å². The van der Waals surface area contributed by atoms with Gasteiger partial charge in [0, 0.05) is 56.0 Å². The molecule has 0 aromatic heterocycles. The molecule has 154 valence electrons. The minimum absolute atomic E-state index is 0.113. The monoisotopic (exact) mass is 392 g/mol. The van der Waals surface area contributed by atoms with E-state index < -0.39 is 0 Å². The lowest BCUT2D eigenvalue weighted by Crippen LogP contribution is -2.47. The van der Waals surface area contributed by atoms with E-state index in [2.05, 4.69) is 68.7 Å². The van der Waals surface area contributed by atoms with Crippen LogP contribution in [0.3, 0.4) is 0 Å². The van der Waals surface area contributed by atoms with Gasteiger partial charge in [-0.1, -0.05) is 12.1 Å². The van der Waals surface area contributed by atoms with Gasteiger partial charge in [-0.25, -0.2) is 0 Å². The molecule has 4 heteroatoms. The van der Waals surface area contributed by atoms with Crippen molar-refractivity contribution >= 4 is 17.7 Å². The van der Waals surface area contributed by atoms with E-state index in [4.69, 9.17) is 4.74 Å². The van der Waals surface area contributed by atoms with E-state index in [0.29, 0.717) is 6.42 Å². The Hall–Kier alpha value is -2.49. The molecule has 0 unspecified atom stereocenters. The first-order valence-corrected chi connectivity index (χ1v) is 10.6. The van der Waals surface area contributed by atoms with Crippen LogP contribution >= 0.6 is 0 Å². The summed E-state index contributed by atoms with van der Waals surface area (Å²) >= 11 is 0. The van der Waals surface area contributed by atoms with Crippen molar-refractivity contribution in [3.63, 3.8) is 0 Å². The van der Waals surface area contributed by atoms with Crippen molar-refractivity contribution in [2.75, 3.05) is 36.0 Å². The highest BCUT2D eigenvalue weighted by Gasteiger charge is 2.35. The summed E-state index contributed by atoms with van der Waals surface area (Å²) in [4.78, 5) is 15.7. The molecule has 0 saturated carbocycles. The summed E-state index contributed by atoms with van der Waals surface area (Å²) in [7, 11) is 0. The molecule has 0 bridgehead atoms. The Morgan fingerprint density at radius 1 is 0.931 bits per heavy atom. The van der Waals surface area contributed by atoms with E-state index in [1.165, 1.54) is 33.6 Å². The highest BCUT2D eigenvalue weighted by molar-refractivity contribution is 5.70. The molecule has 1 fully saturated rings. The third-order valence-corrected chi connectivity index (χ3v) is 6.54. The topological polar surface area (TPSA) is 32.8 Å². The summed E-state index contributed by atoms with van der Waals surface area (Å²) < 4.78 is 6.28. The number of anilines is 2. The molecule has 2 aliphatic rings. The Bertz CT molecular complexity index is 923. The number of benzene rings is 2. The van der Waals surface area contributed by atoms with E-state index >= 15 is 0 Å². The van der Waals surface area contributed by atoms with Gasteiger partial charge in [-0.15, -0.1) is 0 Å². The lowest BCUT2D eigenvalue weighted by atomic mass is 9.91. The van der Waals surface area contributed by atoms with Crippen LogP contribution in [0.2, 0.25) is 0 Å². The Kier molecular flexibility index (Phi) is 5.05. The molecule has 4 nitrogen and oxygen atoms in total. The van der Waals surface area contributed by atoms with Crippen molar-refractivity contribution in [2.24, 2.45) is 0 Å². The number of carbonyl (C=O) groups excluding carboxylic acids is 1. The second-order valence-electron chi connectivity index (χ2n) is 9.08. The fourth-order valence-corrected chi connectivity index (χ4v) is 4.86. The summed E-state index contributed by atoms with van der Waals surface area (Å²) in [5.41, 5.74) is 9.04. The van der Waals surface area contributed by atoms with Gasteiger partial charge in [0.25, 0.3) is 0 Å². The fourth-order valence-electron chi connectivity index (χ4n) is 4.86. The van der Waals surface area contributed by atoms with Crippen molar-refractivity contribution in [2.45, 2.75) is 53.1 Å². The Morgan fingerprint density at radius 3 is 2.17 bits per heavy atom. The van der Waals surface area contributed by atoms with Crippen LogP contribution in [0.1, 0.15) is 41.7 Å². The molecule has 29 heavy (non-hydrogen) atoms. The maximum atomic E-state index is 10.7. The number of hydrogen-bond acceptors (Lipinski definition) is 4. The first-order valence-electron chi connectivity index (χ1n) is 10.6. The number of aldehydes is 1. The van der Waals surface area contributed by atoms with Crippen LogP contribution in [0.25, 0.3) is 0 Å². The average Bonchev–Trinajstić information content (AvgIpc) is 3.04. The third kappa shape index (κ3) is 3.61. The predicted octanol–water partition coefficient (Wildman–Crippen LogP) is 4.39. The van der Waals surface area contributed by atoms with Crippen LogP contribution < -0.4 is 14.5 Å². The molecule has 0 radical (unpaired) electrons. The molecule has 0 spiro atoms. The van der Waals surface area contributed by atoms with Gasteiger partial charge < -0.3 is 19.3 Å². The number of rotatable bonds is 4. The van der Waals surface area contributed by atoms with Gasteiger partial charge in [0.1, 0.15) is 17.6 Å². The average molecular weight is 393 g/mol. The number of fused-ring (bicyclic) bond motifs is 1. The normalized spacial score (nSPS) is 17.8. The minimum atomic E-state index is -0.113. The van der Waals surface area contributed by atoms with E-state index in [9.17, 15) is 4.79 Å². The molecule has 2 aliphatic heterocycles. The first kappa shape index (κ1) is 19.8. The van der Waals surface area contributed by atoms with Crippen molar-refractivity contribution in [3.8, 4) is 5.75 Å². The number of ether oxygens (including phenoxy) is 1. The standard InChI is InChI=1S/C25H32N2O2/c1-17-18(2)24-22(16-25(4,5)29-24)19(3)23(17)27-13-11-26(12-14-27)21-8-6-20(7-9-21)10-15-28/h6-9,15H,10-14,16H2,1-5H3. The zero-order valence-corrected chi connectivity index (χ0v) is 18.3. The summed E-state index contributed by atoms with van der Waals surface area (Å²) in [5, 5.41) is 0. The smallest absolute Gasteiger partial charge is 0.127 e. The van der Waals surface area contributed by atoms with Gasteiger partial charge in [-0.3, -0.25) is 0 Å². The fraction of sp³-hybridized carbons (Fsp3) is 0.480. The second-order valence-corrected chi connectivity index (χ2v) is 9.08. The van der Waals surface area contributed by atoms with Gasteiger partial charge in [0.05, 0.1) is 0 Å². The van der Waals surface area contributed by atoms with Crippen LogP contribution in [0.15, 0.2) is 24.3 Å². The third-order valence-electron chi connectivity index (χ3n) is 6.54. The molecule has 0 amide bonds. The van der Waals surface area contributed by atoms with E-state index in [-0.39, 0.29) is 5.60 Å². The van der Waals surface area contributed by atoms with Gasteiger partial charge in [0.15, 0.2) is 0 Å². The number of hydrogen-bond donors (Lipinski definition) is 0. The van der Waals surface area contributed by atoms with Gasteiger partial charge >= 0.3 is 0 Å². The lowest BCUT2D eigenvalue weighted by molar-refractivity contribution is -0.107. The van der Waals surface area contributed by atoms with Gasteiger partial charge in [0.2, 0.25) is 0 Å². The van der Waals surface area contributed by atoms with Crippen molar-refractivity contribution in [1.82, 2.24) is 0 Å². The quantitative estimate of drug-likeness (QED) is 0.723. The molecule has 1 saturated heterocycles. The molecule has 0 aliphatic carbocycles. The van der Waals surface area contributed by atoms with E-state index in [1.807, 2.05) is 0 Å². The molecular weight excluding hydrogens is 360 g/mol. The highest BCUT2D eigenvalue weighted by Crippen LogP contribution is 2.45. The molecule has 2 aromatic rings. The summed E-state index contributed by atoms with van der Waals surface area (Å²) in [6.45, 7) is 15.1. The number of carbonyl (C=O) groups is 1. The highest BCUT2D eigenvalue weighted by atomic mass is 16.5. The predicted molar refractivity (Wildman–Crippen MR) is 120 cm³/mol. The Morgan fingerprint density at radius 2 is 1.55 bits per heavy atom. The van der Waals surface area contributed by atoms with Crippen LogP contribution in [0.5, 0.6) is 5.75 Å². The molecular formula is C25H32N2O2. The number of nitrogens with zero attached hydrogens (tertiary/aromatic N) is 2. The van der Waals surface area contributed by atoms with Gasteiger partial charge in [-0.2, -0.15) is 0 Å². The molecule has 2 aromatic carbocycles. The summed E-state index contributed by atoms with van der Waals surface area (Å²) in [6.07, 6.45) is 2.43. The Balaban J connectivity index is 1.53. The SMILES string of the molecule is Cc1c(C)c(N2CCN(c3ccc(CC=O)cc3)CC2)c(C)c2c1OC(C)(C)C2. The maximum Gasteiger partial charge on any atom is 0.127 e. The van der Waals surface area contributed by atoms with Crippen molar-refractivity contribution in [3.05, 3.63) is 52.1 Å². The maximum absolute atomic E-state index is 10.7. The van der Waals surface area contributed by atoms with Crippen LogP contribution in [-0.4, -0.2) is 38.1 Å². The molecule has 2 heterocycles. The summed E-state index contributed by atoms with van der Waals surface area (Å²) in [5.74, 6) is 1.11. The minimum Gasteiger partial charge on any atom is -0.487 e. The zero-order chi connectivity index (χ0) is 20.8. The summed E-state index contributed by atoms with van der Waals surface area (Å²) in [6, 6.07) is 8.42. The van der Waals surface area contributed by atoms with Crippen LogP contribution in [0.4, 0.5) is 11.4 Å². The molecule has 0 atom stereocenters.